The molecule has 1 unspecified atom stereocenters. The average Bonchev–Trinajstić information content (AvgIpc) is 2.30. The highest BCUT2D eigenvalue weighted by atomic mass is 16.2. The smallest absolute Gasteiger partial charge is 0.0431 e. The first-order valence-electron chi connectivity index (χ1n) is 6.74. The maximum Gasteiger partial charge on any atom is 0.0431 e. The van der Waals surface area contributed by atoms with Crippen molar-refractivity contribution in [2.45, 2.75) is 46.6 Å². The number of nitrogens with zero attached hydrogens (tertiary/aromatic N) is 1. The fourth-order valence-electron chi connectivity index (χ4n) is 2.69. The molecular weight excluding hydrogens is 222 g/mol. The maximum absolute atomic E-state index is 9.07. The molecule has 0 amide bonds. The highest BCUT2D eigenvalue weighted by Crippen LogP contribution is 2.32. The van der Waals surface area contributed by atoms with E-state index in [1.807, 2.05) is 0 Å². The summed E-state index contributed by atoms with van der Waals surface area (Å²) in [6, 6.07) is 2.67. The zero-order valence-corrected chi connectivity index (χ0v) is 12.7. The lowest BCUT2D eigenvalue weighted by Crippen LogP contribution is -2.22. The lowest BCUT2D eigenvalue weighted by atomic mass is 9.87. The average molecular weight is 249 g/mol. The molecule has 0 fully saturated rings. The molecule has 0 bridgehead atoms. The molecule has 102 valence electrons. The molecule has 0 aliphatic heterocycles. The lowest BCUT2D eigenvalue weighted by molar-refractivity contribution is 0.234. The van der Waals surface area contributed by atoms with E-state index >= 15 is 0 Å². The molecule has 1 aromatic carbocycles. The van der Waals surface area contributed by atoms with Crippen molar-refractivity contribution in [3.8, 4) is 0 Å². The second-order valence-corrected chi connectivity index (χ2v) is 5.52. The Kier molecular flexibility index (Phi) is 5.36. The number of aliphatic hydroxyl groups is 1. The lowest BCUT2D eigenvalue weighted by Gasteiger charge is -2.29. The first-order chi connectivity index (χ1) is 8.40. The molecule has 1 aromatic rings. The molecule has 0 aliphatic carbocycles. The van der Waals surface area contributed by atoms with Crippen molar-refractivity contribution in [2.75, 3.05) is 20.7 Å². The van der Waals surface area contributed by atoms with Crippen molar-refractivity contribution in [3.05, 3.63) is 33.9 Å². The molecule has 0 saturated carbocycles. The topological polar surface area (TPSA) is 23.5 Å². The van der Waals surface area contributed by atoms with Crippen LogP contribution in [0.5, 0.6) is 0 Å². The third-order valence-corrected chi connectivity index (χ3v) is 4.02. The number of hydrogen-bond acceptors (Lipinski definition) is 2. The number of hydrogen-bond donors (Lipinski definition) is 1. The third kappa shape index (κ3) is 3.12. The molecule has 18 heavy (non-hydrogen) atoms. The van der Waals surface area contributed by atoms with Crippen LogP contribution in [0.15, 0.2) is 6.07 Å². The molecule has 1 rings (SSSR count). The standard InChI is InChI=1S/C16H27NO/c1-11-10-12(2)14(4)16(13(11)3)15(17(5)6)8-7-9-18/h10,15,18H,7-9H2,1-6H3. The number of aliphatic hydroxyl groups excluding tert-OH is 1. The van der Waals surface area contributed by atoms with Crippen LogP contribution in [0.4, 0.5) is 0 Å². The molecule has 0 aromatic heterocycles. The Morgan fingerprint density at radius 2 is 1.56 bits per heavy atom. The molecule has 1 atom stereocenters. The summed E-state index contributed by atoms with van der Waals surface area (Å²) < 4.78 is 0. The van der Waals surface area contributed by atoms with Crippen LogP contribution in [0.25, 0.3) is 0 Å². The number of rotatable bonds is 5. The molecule has 0 radical (unpaired) electrons. The predicted molar refractivity (Wildman–Crippen MR) is 78.1 cm³/mol. The highest BCUT2D eigenvalue weighted by Gasteiger charge is 2.20. The fourth-order valence-corrected chi connectivity index (χ4v) is 2.69. The van der Waals surface area contributed by atoms with Gasteiger partial charge < -0.3 is 10.0 Å². The summed E-state index contributed by atoms with van der Waals surface area (Å²) >= 11 is 0. The maximum atomic E-state index is 9.07. The van der Waals surface area contributed by atoms with Crippen LogP contribution in [0, 0.1) is 27.7 Å². The second-order valence-electron chi connectivity index (χ2n) is 5.52. The second kappa shape index (κ2) is 6.35. The third-order valence-electron chi connectivity index (χ3n) is 4.02. The molecule has 2 heteroatoms. The van der Waals surface area contributed by atoms with Crippen LogP contribution >= 0.6 is 0 Å². The largest absolute Gasteiger partial charge is 0.396 e. The monoisotopic (exact) mass is 249 g/mol. The number of aryl methyl sites for hydroxylation is 2. The zero-order valence-electron chi connectivity index (χ0n) is 12.7. The van der Waals surface area contributed by atoms with Gasteiger partial charge in [-0.05, 0) is 82.4 Å². The molecule has 0 saturated heterocycles. The summed E-state index contributed by atoms with van der Waals surface area (Å²) in [6.07, 6.45) is 1.86. The Hall–Kier alpha value is -0.860. The Balaban J connectivity index is 3.26. The van der Waals surface area contributed by atoms with Crippen LogP contribution < -0.4 is 0 Å². The summed E-state index contributed by atoms with van der Waals surface area (Å²) in [4.78, 5) is 2.27. The normalized spacial score (nSPS) is 13.1. The first-order valence-corrected chi connectivity index (χ1v) is 6.74. The van der Waals surface area contributed by atoms with Gasteiger partial charge in [0.05, 0.1) is 0 Å². The summed E-state index contributed by atoms with van der Waals surface area (Å²) in [5, 5.41) is 9.07. The molecule has 2 nitrogen and oxygen atoms in total. The van der Waals surface area contributed by atoms with Crippen molar-refractivity contribution in [3.63, 3.8) is 0 Å². The molecule has 0 heterocycles. The minimum absolute atomic E-state index is 0.271. The molecular formula is C16H27NO. The molecule has 0 aliphatic rings. The van der Waals surface area contributed by atoms with Gasteiger partial charge in [-0.2, -0.15) is 0 Å². The van der Waals surface area contributed by atoms with Gasteiger partial charge in [0.2, 0.25) is 0 Å². The minimum atomic E-state index is 0.271. The number of benzene rings is 1. The van der Waals surface area contributed by atoms with Crippen LogP contribution in [0.1, 0.15) is 46.7 Å². The molecule has 1 N–H and O–H groups in total. The minimum Gasteiger partial charge on any atom is -0.396 e. The van der Waals surface area contributed by atoms with E-state index in [1.165, 1.54) is 27.8 Å². The summed E-state index contributed by atoms with van der Waals surface area (Å²) in [6.45, 7) is 9.07. The van der Waals surface area contributed by atoms with Gasteiger partial charge in [0, 0.05) is 12.6 Å². The van der Waals surface area contributed by atoms with Crippen molar-refractivity contribution in [1.82, 2.24) is 4.90 Å². The summed E-state index contributed by atoms with van der Waals surface area (Å²) in [5.41, 5.74) is 6.98. The summed E-state index contributed by atoms with van der Waals surface area (Å²) in [5.74, 6) is 0. The van der Waals surface area contributed by atoms with Gasteiger partial charge in [-0.3, -0.25) is 0 Å². The first kappa shape index (κ1) is 15.2. The van der Waals surface area contributed by atoms with Crippen LogP contribution in [-0.2, 0) is 0 Å². The van der Waals surface area contributed by atoms with Gasteiger partial charge in [-0.25, -0.2) is 0 Å². The quantitative estimate of drug-likeness (QED) is 0.865. The van der Waals surface area contributed by atoms with E-state index in [2.05, 4.69) is 52.8 Å². The van der Waals surface area contributed by atoms with E-state index in [1.54, 1.807) is 0 Å². The van der Waals surface area contributed by atoms with Gasteiger partial charge in [0.15, 0.2) is 0 Å². The van der Waals surface area contributed by atoms with Gasteiger partial charge in [-0.1, -0.05) is 6.07 Å². The Morgan fingerprint density at radius 3 is 1.94 bits per heavy atom. The van der Waals surface area contributed by atoms with Crippen molar-refractivity contribution >= 4 is 0 Å². The molecule has 0 spiro atoms. The van der Waals surface area contributed by atoms with E-state index in [0.29, 0.717) is 6.04 Å². The van der Waals surface area contributed by atoms with Crippen molar-refractivity contribution in [1.29, 1.82) is 0 Å². The SMILES string of the molecule is Cc1cc(C)c(C)c(C(CCCO)N(C)C)c1C. The van der Waals surface area contributed by atoms with Crippen LogP contribution in [0.2, 0.25) is 0 Å². The van der Waals surface area contributed by atoms with Gasteiger partial charge in [-0.15, -0.1) is 0 Å². The predicted octanol–water partition coefficient (Wildman–Crippen LogP) is 3.30. The van der Waals surface area contributed by atoms with E-state index in [0.717, 1.165) is 12.8 Å². The van der Waals surface area contributed by atoms with Gasteiger partial charge in [0.1, 0.15) is 0 Å². The Labute approximate surface area is 112 Å². The Morgan fingerprint density at radius 1 is 1.06 bits per heavy atom. The Bertz CT molecular complexity index is 384. The highest BCUT2D eigenvalue weighted by molar-refractivity contribution is 5.45. The van der Waals surface area contributed by atoms with E-state index < -0.39 is 0 Å². The van der Waals surface area contributed by atoms with Crippen LogP contribution in [-0.4, -0.2) is 30.7 Å². The van der Waals surface area contributed by atoms with Gasteiger partial charge >= 0.3 is 0 Å². The fraction of sp³-hybridized carbons (Fsp3) is 0.625. The van der Waals surface area contributed by atoms with E-state index in [9.17, 15) is 0 Å². The van der Waals surface area contributed by atoms with Crippen molar-refractivity contribution < 1.29 is 5.11 Å². The van der Waals surface area contributed by atoms with E-state index in [4.69, 9.17) is 5.11 Å². The summed E-state index contributed by atoms with van der Waals surface area (Å²) in [7, 11) is 4.25. The van der Waals surface area contributed by atoms with Crippen LogP contribution in [0.3, 0.4) is 0 Å². The van der Waals surface area contributed by atoms with Crippen molar-refractivity contribution in [2.24, 2.45) is 0 Å². The zero-order chi connectivity index (χ0) is 13.9. The van der Waals surface area contributed by atoms with Gasteiger partial charge in [0.25, 0.3) is 0 Å². The van der Waals surface area contributed by atoms with E-state index in [-0.39, 0.29) is 6.61 Å².